The van der Waals surface area contributed by atoms with Crippen molar-refractivity contribution in [2.45, 2.75) is 58.2 Å². The molecular formula is C31H39N5O3S2. The van der Waals surface area contributed by atoms with Gasteiger partial charge in [-0.2, -0.15) is 0 Å². The van der Waals surface area contributed by atoms with Crippen LogP contribution in [0.5, 0.6) is 0 Å². The van der Waals surface area contributed by atoms with Crippen LogP contribution in [0, 0.1) is 0 Å². The Labute approximate surface area is 253 Å². The highest BCUT2D eigenvalue weighted by Crippen LogP contribution is 2.34. The normalized spacial score (nSPS) is 18.6. The van der Waals surface area contributed by atoms with Crippen LogP contribution < -0.4 is 10.2 Å². The molecule has 5 rings (SSSR count). The van der Waals surface area contributed by atoms with Crippen LogP contribution in [0.25, 0.3) is 0 Å². The summed E-state index contributed by atoms with van der Waals surface area (Å²) >= 11 is 11.4. The molecule has 0 spiro atoms. The standard InChI is InChI=1S/C31H39N5O3S2/c1-31(2)28(38)36(25-12-13-26-24(20-25)22-39-27(26)37)30(41)35(31)15-9-4-3-8-14-33-16-18-34(19-17-33)29(40)32-21-23-10-6-5-7-11-23/h5-7,10-13,20H,3-4,8-9,14-19,21-22H2,1-2H3,(H,32,40). The first kappa shape index (κ1) is 29.4. The number of hydrogen-bond acceptors (Lipinski definition) is 6. The maximum Gasteiger partial charge on any atom is 0.338 e. The number of esters is 1. The molecular weight excluding hydrogens is 555 g/mol. The molecule has 0 radical (unpaired) electrons. The zero-order valence-electron chi connectivity index (χ0n) is 23.9. The molecule has 41 heavy (non-hydrogen) atoms. The first-order valence-electron chi connectivity index (χ1n) is 14.5. The number of nitrogens with zero attached hydrogens (tertiary/aromatic N) is 4. The molecule has 0 bridgehead atoms. The number of cyclic esters (lactones) is 1. The maximum atomic E-state index is 13.4. The molecule has 10 heteroatoms. The molecule has 1 amide bonds. The number of carbonyl (C=O) groups excluding carboxylic acids is 2. The molecule has 0 atom stereocenters. The fraction of sp³-hybridized carbons (Fsp3) is 0.484. The first-order valence-corrected chi connectivity index (χ1v) is 15.3. The molecule has 0 aromatic heterocycles. The Morgan fingerprint density at radius 1 is 0.951 bits per heavy atom. The lowest BCUT2D eigenvalue weighted by Crippen LogP contribution is -2.51. The van der Waals surface area contributed by atoms with Gasteiger partial charge in [0.05, 0.1) is 11.3 Å². The summed E-state index contributed by atoms with van der Waals surface area (Å²) in [4.78, 5) is 33.6. The van der Waals surface area contributed by atoms with Gasteiger partial charge in [0.2, 0.25) is 0 Å². The number of fused-ring (bicyclic) bond motifs is 1. The number of piperazine rings is 1. The van der Waals surface area contributed by atoms with Crippen LogP contribution in [-0.2, 0) is 22.7 Å². The average Bonchev–Trinajstić information content (AvgIpc) is 3.43. The van der Waals surface area contributed by atoms with E-state index < -0.39 is 5.54 Å². The van der Waals surface area contributed by atoms with Gasteiger partial charge in [-0.15, -0.1) is 0 Å². The third-order valence-electron chi connectivity index (χ3n) is 8.30. The molecule has 0 unspecified atom stereocenters. The number of nitrogens with one attached hydrogen (secondary N) is 1. The van der Waals surface area contributed by atoms with Crippen LogP contribution >= 0.6 is 24.4 Å². The highest BCUT2D eigenvalue weighted by atomic mass is 32.1. The van der Waals surface area contributed by atoms with Crippen LogP contribution in [-0.4, -0.2) is 81.6 Å². The molecule has 218 valence electrons. The molecule has 3 heterocycles. The fourth-order valence-electron chi connectivity index (χ4n) is 5.72. The lowest BCUT2D eigenvalue weighted by atomic mass is 10.0. The number of carbonyl (C=O) groups is 2. The summed E-state index contributed by atoms with van der Waals surface area (Å²) in [5, 5.41) is 4.76. The lowest BCUT2D eigenvalue weighted by molar-refractivity contribution is -0.123. The predicted octanol–water partition coefficient (Wildman–Crippen LogP) is 4.32. The van der Waals surface area contributed by atoms with E-state index in [1.807, 2.05) is 43.0 Å². The molecule has 1 N–H and O–H groups in total. The molecule has 0 aliphatic carbocycles. The summed E-state index contributed by atoms with van der Waals surface area (Å²) in [5.74, 6) is -0.358. The Morgan fingerprint density at radius 3 is 2.39 bits per heavy atom. The fourth-order valence-corrected chi connectivity index (χ4v) is 6.48. The Balaban J connectivity index is 1.00. The van der Waals surface area contributed by atoms with Crippen LogP contribution in [0.3, 0.4) is 0 Å². The second-order valence-electron chi connectivity index (χ2n) is 11.4. The summed E-state index contributed by atoms with van der Waals surface area (Å²) in [5.41, 5.74) is 2.58. The van der Waals surface area contributed by atoms with Gasteiger partial charge in [-0.3, -0.25) is 14.6 Å². The predicted molar refractivity (Wildman–Crippen MR) is 169 cm³/mol. The van der Waals surface area contributed by atoms with E-state index in [2.05, 4.69) is 27.2 Å². The summed E-state index contributed by atoms with van der Waals surface area (Å²) in [6, 6.07) is 15.7. The van der Waals surface area contributed by atoms with Gasteiger partial charge in [-0.05, 0) is 81.4 Å². The van der Waals surface area contributed by atoms with Gasteiger partial charge in [-0.1, -0.05) is 43.2 Å². The Hall–Kier alpha value is -3.08. The Bertz CT molecular complexity index is 1290. The minimum Gasteiger partial charge on any atom is -0.457 e. The van der Waals surface area contributed by atoms with E-state index in [1.54, 1.807) is 17.0 Å². The number of ether oxygens (including phenoxy) is 1. The number of thiocarbonyl (C=S) groups is 2. The largest absolute Gasteiger partial charge is 0.457 e. The van der Waals surface area contributed by atoms with Gasteiger partial charge >= 0.3 is 5.97 Å². The van der Waals surface area contributed by atoms with E-state index >= 15 is 0 Å². The van der Waals surface area contributed by atoms with E-state index in [0.29, 0.717) is 16.4 Å². The minimum absolute atomic E-state index is 0.0402. The second-order valence-corrected chi connectivity index (χ2v) is 12.2. The number of hydrogen-bond donors (Lipinski definition) is 1. The molecule has 3 aliphatic rings. The number of rotatable bonds is 10. The van der Waals surface area contributed by atoms with E-state index in [4.69, 9.17) is 29.2 Å². The summed E-state index contributed by atoms with van der Waals surface area (Å²) in [7, 11) is 0. The van der Waals surface area contributed by atoms with Crippen LogP contribution in [0.4, 0.5) is 5.69 Å². The van der Waals surface area contributed by atoms with Crippen molar-refractivity contribution in [3.8, 4) is 0 Å². The van der Waals surface area contributed by atoms with E-state index in [9.17, 15) is 9.59 Å². The summed E-state index contributed by atoms with van der Waals surface area (Å²) < 4.78 is 5.12. The molecule has 3 aliphatic heterocycles. The smallest absolute Gasteiger partial charge is 0.338 e. The number of anilines is 1. The van der Waals surface area contributed by atoms with Crippen molar-refractivity contribution in [1.82, 2.24) is 20.0 Å². The molecule has 2 saturated heterocycles. The quantitative estimate of drug-likeness (QED) is 0.246. The van der Waals surface area contributed by atoms with Gasteiger partial charge in [-0.25, -0.2) is 4.79 Å². The summed E-state index contributed by atoms with van der Waals surface area (Å²) in [6.07, 6.45) is 4.38. The lowest BCUT2D eigenvalue weighted by Gasteiger charge is -2.36. The maximum absolute atomic E-state index is 13.4. The number of benzene rings is 2. The van der Waals surface area contributed by atoms with Gasteiger partial charge in [0.15, 0.2) is 10.2 Å². The van der Waals surface area contributed by atoms with Crippen molar-refractivity contribution in [1.29, 1.82) is 0 Å². The van der Waals surface area contributed by atoms with Gasteiger partial charge in [0.1, 0.15) is 12.1 Å². The second kappa shape index (κ2) is 12.8. The van der Waals surface area contributed by atoms with E-state index in [-0.39, 0.29) is 18.5 Å². The zero-order chi connectivity index (χ0) is 29.0. The summed E-state index contributed by atoms with van der Waals surface area (Å²) in [6.45, 7) is 10.7. The van der Waals surface area contributed by atoms with Crippen molar-refractivity contribution in [2.75, 3.05) is 44.2 Å². The van der Waals surface area contributed by atoms with Gasteiger partial charge in [0, 0.05) is 44.8 Å². The molecule has 8 nitrogen and oxygen atoms in total. The molecule has 0 saturated carbocycles. The first-order chi connectivity index (χ1) is 19.8. The Kier molecular flexibility index (Phi) is 9.21. The highest BCUT2D eigenvalue weighted by molar-refractivity contribution is 7.80. The van der Waals surface area contributed by atoms with Gasteiger partial charge in [0.25, 0.3) is 5.91 Å². The topological polar surface area (TPSA) is 68.4 Å². The van der Waals surface area contributed by atoms with E-state index in [0.717, 1.165) is 82.2 Å². The molecule has 2 fully saturated rings. The molecule has 2 aromatic carbocycles. The van der Waals surface area contributed by atoms with Crippen molar-refractivity contribution < 1.29 is 14.3 Å². The Morgan fingerprint density at radius 2 is 1.66 bits per heavy atom. The van der Waals surface area contributed by atoms with Crippen LogP contribution in [0.2, 0.25) is 0 Å². The number of amides is 1. The molecule has 2 aromatic rings. The van der Waals surface area contributed by atoms with Crippen molar-refractivity contribution in [3.05, 3.63) is 65.2 Å². The van der Waals surface area contributed by atoms with Crippen LogP contribution in [0.15, 0.2) is 48.5 Å². The SMILES string of the molecule is CC1(C)C(=O)N(c2ccc3c(c2)COC3=O)C(=S)N1CCCCCCN1CCN(C(=S)NCc2ccccc2)CC1. The highest BCUT2D eigenvalue weighted by Gasteiger charge is 2.49. The van der Waals surface area contributed by atoms with Crippen molar-refractivity contribution in [2.24, 2.45) is 0 Å². The minimum atomic E-state index is -0.710. The van der Waals surface area contributed by atoms with E-state index in [1.165, 1.54) is 5.56 Å². The van der Waals surface area contributed by atoms with Crippen molar-refractivity contribution >= 4 is 52.2 Å². The average molecular weight is 594 g/mol. The zero-order valence-corrected chi connectivity index (χ0v) is 25.6. The monoisotopic (exact) mass is 593 g/mol. The van der Waals surface area contributed by atoms with Crippen molar-refractivity contribution in [3.63, 3.8) is 0 Å². The van der Waals surface area contributed by atoms with Gasteiger partial charge < -0.3 is 19.9 Å². The number of unbranched alkanes of at least 4 members (excludes halogenated alkanes) is 3. The third kappa shape index (κ3) is 6.55. The van der Waals surface area contributed by atoms with Crippen LogP contribution in [0.1, 0.15) is 61.0 Å². The third-order valence-corrected chi connectivity index (χ3v) is 9.11.